The van der Waals surface area contributed by atoms with Crippen LogP contribution < -0.4 is 10.5 Å². The third kappa shape index (κ3) is 4.55. The largest absolute Gasteiger partial charge is 0.494 e. The highest BCUT2D eigenvalue weighted by Gasteiger charge is 2.12. The summed E-state index contributed by atoms with van der Waals surface area (Å²) in [6.07, 6.45) is 0. The van der Waals surface area contributed by atoms with Gasteiger partial charge in [-0.15, -0.1) is 11.8 Å². The molecule has 0 aliphatic heterocycles. The number of halogens is 2. The first-order valence-corrected chi connectivity index (χ1v) is 8.41. The number of hydrogen-bond donors (Lipinski definition) is 1. The standard InChI is InChI=1S/C16H17Cl2NOS/c1-2-20-16-6-4-3-5-12(16)15(19)10-21-11-7-8-13(17)14(18)9-11/h3-9,15H,2,10,19H2,1H3. The maximum absolute atomic E-state index is 6.28. The molecule has 112 valence electrons. The lowest BCUT2D eigenvalue weighted by molar-refractivity contribution is 0.335. The molecule has 0 bridgehead atoms. The van der Waals surface area contributed by atoms with E-state index >= 15 is 0 Å². The van der Waals surface area contributed by atoms with E-state index < -0.39 is 0 Å². The Bertz CT molecular complexity index is 607. The summed E-state index contributed by atoms with van der Waals surface area (Å²) in [4.78, 5) is 1.05. The molecule has 0 aliphatic carbocycles. The average molecular weight is 342 g/mol. The molecule has 21 heavy (non-hydrogen) atoms. The van der Waals surface area contributed by atoms with Gasteiger partial charge in [0.1, 0.15) is 5.75 Å². The lowest BCUT2D eigenvalue weighted by Crippen LogP contribution is -2.14. The molecule has 0 saturated heterocycles. The molecule has 0 aliphatic rings. The molecule has 2 N–H and O–H groups in total. The van der Waals surface area contributed by atoms with Crippen molar-refractivity contribution in [3.8, 4) is 5.75 Å². The number of rotatable bonds is 6. The van der Waals surface area contributed by atoms with Crippen molar-refractivity contribution in [3.05, 3.63) is 58.1 Å². The molecule has 0 heterocycles. The highest BCUT2D eigenvalue weighted by atomic mass is 35.5. The Kier molecular flexibility index (Phi) is 6.24. The quantitative estimate of drug-likeness (QED) is 0.734. The topological polar surface area (TPSA) is 35.2 Å². The van der Waals surface area contributed by atoms with Gasteiger partial charge in [0.2, 0.25) is 0 Å². The van der Waals surface area contributed by atoms with Gasteiger partial charge >= 0.3 is 0 Å². The summed E-state index contributed by atoms with van der Waals surface area (Å²) in [5.74, 6) is 1.59. The van der Waals surface area contributed by atoms with Gasteiger partial charge in [-0.25, -0.2) is 0 Å². The minimum absolute atomic E-state index is 0.104. The fourth-order valence-corrected chi connectivity index (χ4v) is 3.20. The van der Waals surface area contributed by atoms with E-state index in [1.54, 1.807) is 17.8 Å². The summed E-state index contributed by atoms with van der Waals surface area (Å²) in [7, 11) is 0. The molecule has 2 nitrogen and oxygen atoms in total. The molecule has 1 unspecified atom stereocenters. The minimum Gasteiger partial charge on any atom is -0.494 e. The van der Waals surface area contributed by atoms with Crippen molar-refractivity contribution in [2.45, 2.75) is 17.9 Å². The van der Waals surface area contributed by atoms with Crippen molar-refractivity contribution >= 4 is 35.0 Å². The second kappa shape index (κ2) is 7.95. The summed E-state index contributed by atoms with van der Waals surface area (Å²) >= 11 is 13.6. The molecule has 2 rings (SSSR count). The molecule has 0 fully saturated rings. The van der Waals surface area contributed by atoms with E-state index in [4.69, 9.17) is 33.7 Å². The summed E-state index contributed by atoms with van der Waals surface area (Å²) < 4.78 is 5.62. The van der Waals surface area contributed by atoms with Crippen LogP contribution in [0.4, 0.5) is 0 Å². The Morgan fingerprint density at radius 3 is 2.62 bits per heavy atom. The second-order valence-electron chi connectivity index (χ2n) is 4.46. The maximum atomic E-state index is 6.28. The number of thioether (sulfide) groups is 1. The van der Waals surface area contributed by atoms with Gasteiger partial charge in [-0.05, 0) is 31.2 Å². The van der Waals surface area contributed by atoms with Gasteiger partial charge in [0.05, 0.1) is 16.7 Å². The zero-order chi connectivity index (χ0) is 15.2. The van der Waals surface area contributed by atoms with Gasteiger partial charge in [-0.3, -0.25) is 0 Å². The first-order chi connectivity index (χ1) is 10.1. The second-order valence-corrected chi connectivity index (χ2v) is 6.37. The van der Waals surface area contributed by atoms with Crippen LogP contribution in [0.5, 0.6) is 5.75 Å². The Hall–Kier alpha value is -0.870. The summed E-state index contributed by atoms with van der Waals surface area (Å²) in [5.41, 5.74) is 7.30. The Labute approximate surface area is 139 Å². The van der Waals surface area contributed by atoms with Crippen molar-refractivity contribution in [3.63, 3.8) is 0 Å². The van der Waals surface area contributed by atoms with E-state index in [2.05, 4.69) is 0 Å². The first-order valence-electron chi connectivity index (χ1n) is 6.67. The maximum Gasteiger partial charge on any atom is 0.124 e. The molecular formula is C16H17Cl2NOS. The molecule has 1 atom stereocenters. The fraction of sp³-hybridized carbons (Fsp3) is 0.250. The molecule has 0 aromatic heterocycles. The van der Waals surface area contributed by atoms with Gasteiger partial charge in [-0.1, -0.05) is 41.4 Å². The van der Waals surface area contributed by atoms with E-state index in [-0.39, 0.29) is 6.04 Å². The average Bonchev–Trinajstić information content (AvgIpc) is 2.49. The minimum atomic E-state index is -0.104. The van der Waals surface area contributed by atoms with Crippen LogP contribution in [0.15, 0.2) is 47.4 Å². The third-order valence-electron chi connectivity index (χ3n) is 2.94. The van der Waals surface area contributed by atoms with Crippen LogP contribution in [0.2, 0.25) is 10.0 Å². The monoisotopic (exact) mass is 341 g/mol. The summed E-state index contributed by atoms with van der Waals surface area (Å²) in [6.45, 7) is 2.59. The van der Waals surface area contributed by atoms with Crippen molar-refractivity contribution in [1.29, 1.82) is 0 Å². The number of para-hydroxylation sites is 1. The normalized spacial score (nSPS) is 12.2. The van der Waals surface area contributed by atoms with Crippen LogP contribution in [0.25, 0.3) is 0 Å². The molecule has 5 heteroatoms. The van der Waals surface area contributed by atoms with Crippen LogP contribution in [0.3, 0.4) is 0 Å². The number of nitrogens with two attached hydrogens (primary N) is 1. The van der Waals surface area contributed by atoms with Gasteiger partial charge < -0.3 is 10.5 Å². The molecule has 2 aromatic rings. The van der Waals surface area contributed by atoms with Gasteiger partial charge in [0, 0.05) is 22.3 Å². The molecular weight excluding hydrogens is 325 g/mol. The molecule has 0 saturated carbocycles. The lowest BCUT2D eigenvalue weighted by Gasteiger charge is -2.16. The van der Waals surface area contributed by atoms with Gasteiger partial charge in [0.25, 0.3) is 0 Å². The lowest BCUT2D eigenvalue weighted by atomic mass is 10.1. The predicted octanol–water partition coefficient (Wildman–Crippen LogP) is 5.18. The van der Waals surface area contributed by atoms with Crippen LogP contribution in [0, 0.1) is 0 Å². The van der Waals surface area contributed by atoms with Crippen molar-refractivity contribution in [2.75, 3.05) is 12.4 Å². The van der Waals surface area contributed by atoms with E-state index in [0.717, 1.165) is 22.0 Å². The van der Waals surface area contributed by atoms with Crippen LogP contribution in [0.1, 0.15) is 18.5 Å². The van der Waals surface area contributed by atoms with Gasteiger partial charge in [0.15, 0.2) is 0 Å². The number of ether oxygens (including phenoxy) is 1. The van der Waals surface area contributed by atoms with Crippen LogP contribution in [-0.2, 0) is 0 Å². The van der Waals surface area contributed by atoms with E-state index in [9.17, 15) is 0 Å². The highest BCUT2D eigenvalue weighted by Crippen LogP contribution is 2.31. The van der Waals surface area contributed by atoms with Crippen LogP contribution >= 0.6 is 35.0 Å². The van der Waals surface area contributed by atoms with Crippen molar-refractivity contribution < 1.29 is 4.74 Å². The number of hydrogen-bond acceptors (Lipinski definition) is 3. The summed E-state index contributed by atoms with van der Waals surface area (Å²) in [5, 5.41) is 1.12. The zero-order valence-electron chi connectivity index (χ0n) is 11.7. The fourth-order valence-electron chi connectivity index (χ4n) is 1.92. The van der Waals surface area contributed by atoms with Crippen molar-refractivity contribution in [2.24, 2.45) is 5.73 Å². The Balaban J connectivity index is 2.04. The molecule has 0 spiro atoms. The van der Waals surface area contributed by atoms with E-state index in [1.165, 1.54) is 0 Å². The highest BCUT2D eigenvalue weighted by molar-refractivity contribution is 7.99. The van der Waals surface area contributed by atoms with E-state index in [0.29, 0.717) is 16.7 Å². The smallest absolute Gasteiger partial charge is 0.124 e. The first kappa shape index (κ1) is 16.5. The third-order valence-corrected chi connectivity index (χ3v) is 4.79. The molecule has 0 amide bonds. The van der Waals surface area contributed by atoms with Gasteiger partial charge in [-0.2, -0.15) is 0 Å². The Morgan fingerprint density at radius 2 is 1.90 bits per heavy atom. The SMILES string of the molecule is CCOc1ccccc1C(N)CSc1ccc(Cl)c(Cl)c1. The number of benzene rings is 2. The van der Waals surface area contributed by atoms with E-state index in [1.807, 2.05) is 43.3 Å². The Morgan fingerprint density at radius 1 is 1.14 bits per heavy atom. The molecule has 2 aromatic carbocycles. The van der Waals surface area contributed by atoms with Crippen molar-refractivity contribution in [1.82, 2.24) is 0 Å². The predicted molar refractivity (Wildman–Crippen MR) is 91.7 cm³/mol. The molecule has 0 radical (unpaired) electrons. The summed E-state index contributed by atoms with van der Waals surface area (Å²) in [6, 6.07) is 13.4. The zero-order valence-corrected chi connectivity index (χ0v) is 14.0. The van der Waals surface area contributed by atoms with Crippen LogP contribution in [-0.4, -0.2) is 12.4 Å².